The molecule has 1 heterocycles. The molecule has 2 N–H and O–H groups in total. The number of halogens is 1. The zero-order valence-corrected chi connectivity index (χ0v) is 12.7. The van der Waals surface area contributed by atoms with Crippen molar-refractivity contribution in [1.29, 1.82) is 0 Å². The van der Waals surface area contributed by atoms with Crippen LogP contribution in [0.1, 0.15) is 56.7 Å². The number of nitrogens with one attached hydrogen (secondary N) is 2. The van der Waals surface area contributed by atoms with Crippen LogP contribution in [0.25, 0.3) is 0 Å². The summed E-state index contributed by atoms with van der Waals surface area (Å²) in [5.74, 6) is 0.709. The zero-order valence-electron chi connectivity index (χ0n) is 10.3. The summed E-state index contributed by atoms with van der Waals surface area (Å²) >= 11 is 9.47. The van der Waals surface area contributed by atoms with E-state index in [1.54, 1.807) is 11.5 Å². The van der Waals surface area contributed by atoms with Crippen LogP contribution in [-0.4, -0.2) is 19.2 Å². The van der Waals surface area contributed by atoms with Crippen molar-refractivity contribution in [3.63, 3.8) is 0 Å². The molecule has 2 rings (SSSR count). The molecule has 0 aromatic carbocycles. The van der Waals surface area contributed by atoms with Crippen LogP contribution >= 0.6 is 35.1 Å². The van der Waals surface area contributed by atoms with Gasteiger partial charge in [-0.2, -0.15) is 0 Å². The van der Waals surface area contributed by atoms with Crippen LogP contribution in [0.5, 0.6) is 0 Å². The van der Waals surface area contributed by atoms with Crippen molar-refractivity contribution < 1.29 is 0 Å². The van der Waals surface area contributed by atoms with Gasteiger partial charge in [0.25, 0.3) is 0 Å². The molecule has 0 unspecified atom stereocenters. The lowest BCUT2D eigenvalue weighted by Gasteiger charge is -2.23. The van der Waals surface area contributed by atoms with E-state index in [9.17, 15) is 0 Å². The molecule has 1 aromatic rings. The van der Waals surface area contributed by atoms with E-state index < -0.39 is 0 Å². The quantitative estimate of drug-likeness (QED) is 0.766. The van der Waals surface area contributed by atoms with Crippen molar-refractivity contribution in [2.24, 2.45) is 0 Å². The molecule has 3 nitrogen and oxygen atoms in total. The molecule has 0 radical (unpaired) electrons. The molecule has 1 aliphatic rings. The molecule has 0 atom stereocenters. The highest BCUT2D eigenvalue weighted by molar-refractivity contribution is 7.99. The van der Waals surface area contributed by atoms with Gasteiger partial charge in [-0.1, -0.05) is 33.1 Å². The molecule has 0 saturated heterocycles. The number of rotatable bonds is 3. The standard InChI is InChI=1S/C11H20ClN3S2/c1-8(2)16-11-10(17-14-15(12)13-11)9-6-4-3-5-7-9/h8-9,13-14H,3-7H2,1-2H3. The second-order valence-electron chi connectivity index (χ2n) is 4.78. The predicted molar refractivity (Wildman–Crippen MR) is 76.7 cm³/mol. The molecule has 1 fully saturated rings. The Morgan fingerprint density at radius 2 is 2.06 bits per heavy atom. The molecular weight excluding hydrogens is 274 g/mol. The summed E-state index contributed by atoms with van der Waals surface area (Å²) in [4.78, 5) is 1.44. The number of aromatic amines is 2. The van der Waals surface area contributed by atoms with Crippen LogP contribution in [0.2, 0.25) is 0 Å². The topological polar surface area (TPSA) is 36.5 Å². The van der Waals surface area contributed by atoms with Gasteiger partial charge in [0.05, 0.1) is 16.7 Å². The fourth-order valence-electron chi connectivity index (χ4n) is 2.26. The number of thioether (sulfide) groups is 1. The van der Waals surface area contributed by atoms with E-state index >= 15 is 0 Å². The SMILES string of the molecule is CC(C)Sc1[nH]n(Cl)[nH]sc1C1CCCCC1. The van der Waals surface area contributed by atoms with Crippen LogP contribution < -0.4 is 0 Å². The zero-order chi connectivity index (χ0) is 12.3. The number of aromatic nitrogens is 3. The monoisotopic (exact) mass is 293 g/mol. The van der Waals surface area contributed by atoms with Gasteiger partial charge in [-0.25, -0.2) is 4.49 Å². The van der Waals surface area contributed by atoms with Gasteiger partial charge in [0.2, 0.25) is 0 Å². The molecule has 0 aliphatic heterocycles. The van der Waals surface area contributed by atoms with Crippen LogP contribution in [0.3, 0.4) is 0 Å². The van der Waals surface area contributed by atoms with Crippen molar-refractivity contribution in [3.05, 3.63) is 4.88 Å². The largest absolute Gasteiger partial charge is 0.261 e. The average molecular weight is 294 g/mol. The van der Waals surface area contributed by atoms with Crippen LogP contribution in [0.4, 0.5) is 0 Å². The number of nitrogens with zero attached hydrogens (tertiary/aromatic N) is 1. The smallest absolute Gasteiger partial charge is 0.105 e. The maximum absolute atomic E-state index is 5.94. The van der Waals surface area contributed by atoms with Gasteiger partial charge >= 0.3 is 0 Å². The number of H-pyrrole nitrogens is 2. The number of hydrogen-bond acceptors (Lipinski definition) is 2. The van der Waals surface area contributed by atoms with E-state index in [1.165, 1.54) is 46.3 Å². The molecule has 1 saturated carbocycles. The molecule has 1 aromatic heterocycles. The molecular formula is C11H20ClN3S2. The van der Waals surface area contributed by atoms with Crippen LogP contribution in [0, 0.1) is 0 Å². The summed E-state index contributed by atoms with van der Waals surface area (Å²) in [7, 11) is 0. The first-order valence-corrected chi connectivity index (χ1v) is 8.26. The van der Waals surface area contributed by atoms with Crippen molar-refractivity contribution in [2.45, 2.75) is 62.1 Å². The fraction of sp³-hybridized carbons (Fsp3) is 0.818. The van der Waals surface area contributed by atoms with Gasteiger partial charge < -0.3 is 0 Å². The van der Waals surface area contributed by atoms with Gasteiger partial charge in [0, 0.05) is 5.25 Å². The summed E-state index contributed by atoms with van der Waals surface area (Å²) in [6, 6.07) is 0. The molecule has 0 bridgehead atoms. The minimum Gasteiger partial charge on any atom is -0.261 e. The third kappa shape index (κ3) is 3.73. The molecule has 17 heavy (non-hydrogen) atoms. The van der Waals surface area contributed by atoms with Crippen molar-refractivity contribution in [2.75, 3.05) is 0 Å². The first kappa shape index (κ1) is 13.4. The van der Waals surface area contributed by atoms with Crippen molar-refractivity contribution in [1.82, 2.24) is 13.9 Å². The van der Waals surface area contributed by atoms with Crippen molar-refractivity contribution in [3.8, 4) is 0 Å². The molecule has 6 heteroatoms. The van der Waals surface area contributed by atoms with E-state index in [-0.39, 0.29) is 0 Å². The van der Waals surface area contributed by atoms with E-state index in [2.05, 4.69) is 23.4 Å². The fourth-order valence-corrected chi connectivity index (χ4v) is 4.43. The highest BCUT2D eigenvalue weighted by Crippen LogP contribution is 2.39. The first-order valence-electron chi connectivity index (χ1n) is 6.22. The summed E-state index contributed by atoms with van der Waals surface area (Å²) in [5, 5.41) is 5.00. The van der Waals surface area contributed by atoms with Crippen molar-refractivity contribution >= 4 is 35.1 Å². The van der Waals surface area contributed by atoms with E-state index in [0.29, 0.717) is 11.2 Å². The molecule has 98 valence electrons. The number of hydrogen-bond donors (Lipinski definition) is 2. The summed E-state index contributed by atoms with van der Waals surface area (Å²) in [6.07, 6.45) is 6.74. The van der Waals surface area contributed by atoms with Gasteiger partial charge in [0.15, 0.2) is 0 Å². The third-order valence-electron chi connectivity index (χ3n) is 2.99. The lowest BCUT2D eigenvalue weighted by molar-refractivity contribution is 0.441. The minimum absolute atomic E-state index is 0.569. The maximum atomic E-state index is 5.94. The second kappa shape index (κ2) is 6.25. The summed E-state index contributed by atoms with van der Waals surface area (Å²) in [6.45, 7) is 4.42. The predicted octanol–water partition coefficient (Wildman–Crippen LogP) is 4.88. The Morgan fingerprint density at radius 1 is 1.35 bits per heavy atom. The van der Waals surface area contributed by atoms with E-state index in [4.69, 9.17) is 11.8 Å². The molecule has 0 amide bonds. The Balaban J connectivity index is 2.24. The van der Waals surface area contributed by atoms with E-state index in [1.807, 2.05) is 11.8 Å². The Labute approximate surface area is 116 Å². The summed E-state index contributed by atoms with van der Waals surface area (Å²) < 4.78 is 4.48. The highest BCUT2D eigenvalue weighted by Gasteiger charge is 2.21. The highest BCUT2D eigenvalue weighted by atomic mass is 35.5. The Hall–Kier alpha value is -0.0000000000000000833. The Morgan fingerprint density at radius 3 is 2.71 bits per heavy atom. The normalized spacial score (nSPS) is 17.6. The Bertz CT molecular complexity index is 381. The van der Waals surface area contributed by atoms with E-state index in [0.717, 1.165) is 0 Å². The molecule has 0 spiro atoms. The van der Waals surface area contributed by atoms with Crippen LogP contribution in [0.15, 0.2) is 5.03 Å². The molecule has 1 aliphatic carbocycles. The Kier molecular flexibility index (Phi) is 4.94. The minimum atomic E-state index is 0.569. The van der Waals surface area contributed by atoms with Crippen LogP contribution in [-0.2, 0) is 0 Å². The van der Waals surface area contributed by atoms with Gasteiger partial charge in [-0.3, -0.25) is 5.10 Å². The first-order chi connectivity index (χ1) is 8.16. The summed E-state index contributed by atoms with van der Waals surface area (Å²) in [5.41, 5.74) is 0. The van der Waals surface area contributed by atoms with Gasteiger partial charge in [-0.15, -0.1) is 16.1 Å². The van der Waals surface area contributed by atoms with Gasteiger partial charge in [0.1, 0.15) is 5.03 Å². The third-order valence-corrected chi connectivity index (χ3v) is 5.44. The average Bonchev–Trinajstić information content (AvgIpc) is 2.29. The maximum Gasteiger partial charge on any atom is 0.105 e. The van der Waals surface area contributed by atoms with Gasteiger partial charge in [-0.05, 0) is 30.3 Å². The lowest BCUT2D eigenvalue weighted by atomic mass is 9.88. The lowest BCUT2D eigenvalue weighted by Crippen LogP contribution is -2.09. The second-order valence-corrected chi connectivity index (χ2v) is 7.53.